The molecule has 3 fully saturated rings. The van der Waals surface area contributed by atoms with Gasteiger partial charge in [0.25, 0.3) is 5.92 Å². The number of fused-ring (bicyclic) bond motifs is 2. The van der Waals surface area contributed by atoms with Gasteiger partial charge in [-0.25, -0.2) is 8.42 Å². The predicted molar refractivity (Wildman–Crippen MR) is 174 cm³/mol. The van der Waals surface area contributed by atoms with Crippen LogP contribution in [0.2, 0.25) is 5.02 Å². The Kier molecular flexibility index (Phi) is 9.71. The van der Waals surface area contributed by atoms with Gasteiger partial charge in [-0.3, -0.25) is 4.79 Å². The van der Waals surface area contributed by atoms with Crippen molar-refractivity contribution in [2.75, 3.05) is 6.61 Å². The Bertz CT molecular complexity index is 1600. The summed E-state index contributed by atoms with van der Waals surface area (Å²) in [6, 6.07) is 15.1. The van der Waals surface area contributed by atoms with Crippen LogP contribution in [0.25, 0.3) is 11.1 Å². The van der Waals surface area contributed by atoms with Crippen LogP contribution in [-0.4, -0.2) is 50.0 Å². The molecule has 246 valence electrons. The number of benzene rings is 3. The molecule has 2 aliphatic heterocycles. The molecular weight excluding hydrogens is 632 g/mol. The normalized spacial score (nSPS) is 22.9. The van der Waals surface area contributed by atoms with E-state index in [1.54, 1.807) is 24.3 Å². The highest BCUT2D eigenvalue weighted by molar-refractivity contribution is 7.89. The van der Waals surface area contributed by atoms with E-state index in [1.165, 1.54) is 72.7 Å². The summed E-state index contributed by atoms with van der Waals surface area (Å²) in [5, 5.41) is 0.551. The second kappa shape index (κ2) is 13.6. The number of halogens is 3. The predicted octanol–water partition coefficient (Wildman–Crippen LogP) is 6.89. The van der Waals surface area contributed by atoms with Crippen LogP contribution in [0.1, 0.15) is 63.4 Å². The van der Waals surface area contributed by atoms with Crippen LogP contribution < -0.4 is 15.2 Å². The van der Waals surface area contributed by atoms with Crippen LogP contribution in [0.5, 0.6) is 5.75 Å². The Labute approximate surface area is 274 Å². The molecule has 11 heteroatoms. The Hall–Kier alpha value is -3.05. The fourth-order valence-corrected chi connectivity index (χ4v) is 8.52. The number of nitrogens with zero attached hydrogens (tertiary/aromatic N) is 1. The lowest BCUT2D eigenvalue weighted by Gasteiger charge is -2.41. The summed E-state index contributed by atoms with van der Waals surface area (Å²) in [6.07, 6.45) is 8.08. The van der Waals surface area contributed by atoms with Gasteiger partial charge in [0, 0.05) is 28.7 Å². The molecule has 2 heterocycles. The van der Waals surface area contributed by atoms with Gasteiger partial charge < -0.3 is 15.4 Å². The first kappa shape index (κ1) is 32.9. The van der Waals surface area contributed by atoms with Crippen molar-refractivity contribution in [2.24, 2.45) is 11.7 Å². The quantitative estimate of drug-likeness (QED) is 0.245. The highest BCUT2D eigenvalue weighted by atomic mass is 35.5. The van der Waals surface area contributed by atoms with Gasteiger partial charge in [-0.15, -0.1) is 0 Å². The number of nitrogens with one attached hydrogen (secondary N) is 1. The molecule has 6 rings (SSSR count). The molecule has 3 N–H and O–H groups in total. The van der Waals surface area contributed by atoms with Gasteiger partial charge in [0.1, 0.15) is 5.75 Å². The Morgan fingerprint density at radius 1 is 0.891 bits per heavy atom. The second-order valence-corrected chi connectivity index (χ2v) is 15.1. The molecule has 7 nitrogen and oxygen atoms in total. The summed E-state index contributed by atoms with van der Waals surface area (Å²) in [5.74, 6) is -3.84. The molecule has 2 bridgehead atoms. The summed E-state index contributed by atoms with van der Waals surface area (Å²) in [4.78, 5) is 15.3. The Morgan fingerprint density at radius 3 is 2.04 bits per heavy atom. The Balaban J connectivity index is 1.26. The molecule has 1 amide bonds. The molecule has 3 aromatic rings. The molecule has 3 atom stereocenters. The molecule has 1 saturated carbocycles. The summed E-state index contributed by atoms with van der Waals surface area (Å²) in [6.45, 7) is 0.547. The number of nitrogens with two attached hydrogens (primary N) is 1. The molecule has 3 aromatic carbocycles. The first-order chi connectivity index (χ1) is 22.0. The number of rotatable bonds is 10. The van der Waals surface area contributed by atoms with Crippen molar-refractivity contribution in [1.82, 2.24) is 9.62 Å². The average molecular weight is 672 g/mol. The molecule has 0 radical (unpaired) electrons. The maximum absolute atomic E-state index is 16.5. The van der Waals surface area contributed by atoms with E-state index in [9.17, 15) is 13.2 Å². The number of piperidine rings is 1. The van der Waals surface area contributed by atoms with Gasteiger partial charge in [-0.1, -0.05) is 67.3 Å². The van der Waals surface area contributed by atoms with E-state index in [0.717, 1.165) is 18.4 Å². The standard InChI is InChI=1S/C35H40ClF2N3O4S/c36-27-12-8-25(9-13-27)24-6-10-26(11-7-24)35(37,38)33(34(42)41-29-14-15-30(41)21-28(39)20-29)40-46(43,44)32-18-16-31(17-19-32)45-22-23-4-2-1-3-5-23/h6-13,16-19,23,28-30,33,40H,1-5,14-15,20-22,39H2/t28?,29?,30?,33-/m1/s1. The van der Waals surface area contributed by atoms with E-state index in [1.807, 2.05) is 0 Å². The van der Waals surface area contributed by atoms with E-state index in [-0.39, 0.29) is 23.0 Å². The molecule has 2 unspecified atom stereocenters. The smallest absolute Gasteiger partial charge is 0.298 e. The maximum atomic E-state index is 16.5. The third-order valence-electron chi connectivity index (χ3n) is 9.70. The van der Waals surface area contributed by atoms with Crippen LogP contribution >= 0.6 is 11.6 Å². The van der Waals surface area contributed by atoms with E-state index in [4.69, 9.17) is 22.1 Å². The topological polar surface area (TPSA) is 102 Å². The van der Waals surface area contributed by atoms with Crippen molar-refractivity contribution >= 4 is 27.5 Å². The molecule has 1 aliphatic carbocycles. The van der Waals surface area contributed by atoms with E-state index in [2.05, 4.69) is 4.72 Å². The third kappa shape index (κ3) is 7.10. The lowest BCUT2D eigenvalue weighted by molar-refractivity contribution is -0.149. The van der Waals surface area contributed by atoms with Crippen molar-refractivity contribution in [1.29, 1.82) is 0 Å². The monoisotopic (exact) mass is 671 g/mol. The number of alkyl halides is 2. The SMILES string of the molecule is NC1CC2CCC(C1)N2C(=O)[C@@H](NS(=O)(=O)c1ccc(OCC2CCCCC2)cc1)C(F)(F)c1ccc(-c2ccc(Cl)cc2)cc1. The number of sulfonamides is 1. The second-order valence-electron chi connectivity index (χ2n) is 12.9. The fraction of sp³-hybridized carbons (Fsp3) is 0.457. The average Bonchev–Trinajstić information content (AvgIpc) is 3.33. The Morgan fingerprint density at radius 2 is 1.46 bits per heavy atom. The fourth-order valence-electron chi connectivity index (χ4n) is 7.21. The molecule has 0 spiro atoms. The number of hydrogen-bond donors (Lipinski definition) is 2. The zero-order valence-corrected chi connectivity index (χ0v) is 27.2. The summed E-state index contributed by atoms with van der Waals surface area (Å²) in [7, 11) is -4.54. The largest absolute Gasteiger partial charge is 0.493 e. The minimum atomic E-state index is -4.54. The molecule has 2 saturated heterocycles. The zero-order chi connectivity index (χ0) is 32.5. The third-order valence-corrected chi connectivity index (χ3v) is 11.4. The van der Waals surface area contributed by atoms with Crippen molar-refractivity contribution < 1.29 is 26.7 Å². The maximum Gasteiger partial charge on any atom is 0.298 e. The summed E-state index contributed by atoms with van der Waals surface area (Å²) >= 11 is 5.99. The van der Waals surface area contributed by atoms with Gasteiger partial charge in [-0.05, 0) is 92.0 Å². The number of carbonyl (C=O) groups excluding carboxylic acids is 1. The molecular formula is C35H40ClF2N3O4S. The molecule has 46 heavy (non-hydrogen) atoms. The van der Waals surface area contributed by atoms with Crippen molar-refractivity contribution in [3.63, 3.8) is 0 Å². The van der Waals surface area contributed by atoms with Crippen LogP contribution in [0, 0.1) is 5.92 Å². The van der Waals surface area contributed by atoms with E-state index >= 15 is 8.78 Å². The summed E-state index contributed by atoms with van der Waals surface area (Å²) in [5.41, 5.74) is 7.16. The first-order valence-corrected chi connectivity index (χ1v) is 17.9. The number of carbonyl (C=O) groups is 1. The highest BCUT2D eigenvalue weighted by Gasteiger charge is 2.53. The van der Waals surface area contributed by atoms with Crippen molar-refractivity contribution in [3.05, 3.63) is 83.4 Å². The lowest BCUT2D eigenvalue weighted by atomic mass is 9.90. The lowest BCUT2D eigenvalue weighted by Crippen LogP contribution is -2.60. The number of ether oxygens (including phenoxy) is 1. The van der Waals surface area contributed by atoms with Crippen LogP contribution in [0.4, 0.5) is 8.78 Å². The molecule has 3 aliphatic rings. The minimum Gasteiger partial charge on any atom is -0.493 e. The summed E-state index contributed by atoms with van der Waals surface area (Å²) < 4.78 is 68.3. The van der Waals surface area contributed by atoms with Gasteiger partial charge in [-0.2, -0.15) is 13.5 Å². The van der Waals surface area contributed by atoms with E-state index in [0.29, 0.717) is 54.5 Å². The van der Waals surface area contributed by atoms with Gasteiger partial charge >= 0.3 is 0 Å². The number of hydrogen-bond acceptors (Lipinski definition) is 5. The highest BCUT2D eigenvalue weighted by Crippen LogP contribution is 2.40. The molecule has 0 aromatic heterocycles. The van der Waals surface area contributed by atoms with Crippen LogP contribution in [0.3, 0.4) is 0 Å². The van der Waals surface area contributed by atoms with Gasteiger partial charge in [0.2, 0.25) is 15.9 Å². The van der Waals surface area contributed by atoms with Crippen LogP contribution in [-0.2, 0) is 20.7 Å². The van der Waals surface area contributed by atoms with Gasteiger partial charge in [0.15, 0.2) is 6.04 Å². The zero-order valence-electron chi connectivity index (χ0n) is 25.6. The van der Waals surface area contributed by atoms with Crippen molar-refractivity contribution in [2.45, 2.75) is 92.8 Å². The van der Waals surface area contributed by atoms with E-state index < -0.39 is 33.5 Å². The van der Waals surface area contributed by atoms with Crippen LogP contribution in [0.15, 0.2) is 77.7 Å². The minimum absolute atomic E-state index is 0.128. The first-order valence-electron chi connectivity index (χ1n) is 16.1. The number of amides is 1. The van der Waals surface area contributed by atoms with Crippen molar-refractivity contribution in [3.8, 4) is 16.9 Å². The van der Waals surface area contributed by atoms with Gasteiger partial charge in [0.05, 0.1) is 11.5 Å².